The van der Waals surface area contributed by atoms with Crippen molar-refractivity contribution in [1.29, 1.82) is 0 Å². The minimum Gasteiger partial charge on any atom is -0.307 e. The monoisotopic (exact) mass is 153 g/mol. The molecule has 0 aromatic carbocycles. The van der Waals surface area contributed by atoms with Crippen LogP contribution >= 0.6 is 0 Å². The van der Waals surface area contributed by atoms with Crippen LogP contribution in [0, 0.1) is 5.82 Å². The highest BCUT2D eigenvalue weighted by Gasteiger charge is 2.20. The molecule has 1 aliphatic heterocycles. The number of aromatic nitrogens is 2. The largest absolute Gasteiger partial charge is 0.307 e. The lowest BCUT2D eigenvalue weighted by atomic mass is 10.1. The van der Waals surface area contributed by atoms with Gasteiger partial charge in [0, 0.05) is 0 Å². The van der Waals surface area contributed by atoms with E-state index in [1.165, 1.54) is 12.4 Å². The fourth-order valence-corrected chi connectivity index (χ4v) is 1.01. The molecule has 1 aromatic rings. The van der Waals surface area contributed by atoms with E-state index in [0.29, 0.717) is 5.82 Å². The van der Waals surface area contributed by atoms with Crippen LogP contribution in [0.2, 0.25) is 0 Å². The first kappa shape index (κ1) is 6.67. The summed E-state index contributed by atoms with van der Waals surface area (Å²) < 4.78 is 12.3. The molecule has 1 saturated heterocycles. The highest BCUT2D eigenvalue weighted by molar-refractivity contribution is 5.00. The first-order chi connectivity index (χ1) is 5.36. The number of nitrogens with zero attached hydrogens (tertiary/aromatic N) is 2. The van der Waals surface area contributed by atoms with Gasteiger partial charge in [0.05, 0.1) is 18.4 Å². The Labute approximate surface area is 63.7 Å². The second-order valence-electron chi connectivity index (χ2n) is 2.55. The van der Waals surface area contributed by atoms with Crippen LogP contribution in [0.3, 0.4) is 0 Å². The predicted molar refractivity (Wildman–Crippen MR) is 37.4 cm³/mol. The summed E-state index contributed by atoms with van der Waals surface area (Å²) in [5.74, 6) is 0.311. The fraction of sp³-hybridized carbons (Fsp3) is 0.429. The van der Waals surface area contributed by atoms with Gasteiger partial charge in [-0.1, -0.05) is 0 Å². The maximum atomic E-state index is 12.3. The van der Waals surface area contributed by atoms with Crippen molar-refractivity contribution in [3.8, 4) is 0 Å². The van der Waals surface area contributed by atoms with E-state index in [0.717, 1.165) is 13.0 Å². The van der Waals surface area contributed by atoms with E-state index in [9.17, 15) is 4.39 Å². The Morgan fingerprint density at radius 1 is 1.45 bits per heavy atom. The molecule has 1 aromatic heterocycles. The van der Waals surface area contributed by atoms with Gasteiger partial charge in [0.15, 0.2) is 5.82 Å². The van der Waals surface area contributed by atoms with Gasteiger partial charge in [0.2, 0.25) is 0 Å². The van der Waals surface area contributed by atoms with Crippen LogP contribution in [0.15, 0.2) is 12.4 Å². The molecule has 1 atom stereocenters. The van der Waals surface area contributed by atoms with Crippen molar-refractivity contribution in [2.75, 3.05) is 6.54 Å². The van der Waals surface area contributed by atoms with Gasteiger partial charge in [-0.05, 0) is 13.0 Å². The number of nitrogens with one attached hydrogen (secondary N) is 1. The summed E-state index contributed by atoms with van der Waals surface area (Å²) in [6.45, 7) is 1.01. The molecule has 58 valence electrons. The molecule has 0 bridgehead atoms. The number of rotatable bonds is 1. The van der Waals surface area contributed by atoms with E-state index < -0.39 is 0 Å². The SMILES string of the molecule is Fc1cnc(C2CCN2)nc1. The summed E-state index contributed by atoms with van der Waals surface area (Å²) in [6.07, 6.45) is 3.44. The lowest BCUT2D eigenvalue weighted by molar-refractivity contribution is 0.364. The Balaban J connectivity index is 2.18. The molecule has 0 saturated carbocycles. The molecular weight excluding hydrogens is 145 g/mol. The third kappa shape index (κ3) is 1.21. The molecule has 0 aliphatic carbocycles. The predicted octanol–water partition coefficient (Wildman–Crippen LogP) is 0.650. The Kier molecular flexibility index (Phi) is 1.54. The van der Waals surface area contributed by atoms with Crippen molar-refractivity contribution < 1.29 is 4.39 Å². The number of hydrogen-bond donors (Lipinski definition) is 1. The number of hydrogen-bond acceptors (Lipinski definition) is 3. The van der Waals surface area contributed by atoms with Crippen LogP contribution in [0.5, 0.6) is 0 Å². The van der Waals surface area contributed by atoms with E-state index in [1.807, 2.05) is 0 Å². The second kappa shape index (κ2) is 2.54. The molecular formula is C7H8FN3. The highest BCUT2D eigenvalue weighted by atomic mass is 19.1. The molecule has 0 amide bonds. The zero-order valence-corrected chi connectivity index (χ0v) is 5.92. The van der Waals surface area contributed by atoms with Gasteiger partial charge in [-0.15, -0.1) is 0 Å². The minimum atomic E-state index is -0.381. The van der Waals surface area contributed by atoms with E-state index in [1.54, 1.807) is 0 Å². The molecule has 2 heterocycles. The van der Waals surface area contributed by atoms with Crippen molar-refractivity contribution in [3.05, 3.63) is 24.0 Å². The summed E-state index contributed by atoms with van der Waals surface area (Å²) in [4.78, 5) is 7.70. The molecule has 0 radical (unpaired) electrons. The van der Waals surface area contributed by atoms with Crippen molar-refractivity contribution in [3.63, 3.8) is 0 Å². The molecule has 11 heavy (non-hydrogen) atoms. The maximum absolute atomic E-state index is 12.3. The zero-order chi connectivity index (χ0) is 7.68. The van der Waals surface area contributed by atoms with Gasteiger partial charge in [0.25, 0.3) is 0 Å². The summed E-state index contributed by atoms with van der Waals surface area (Å²) in [5, 5.41) is 3.13. The van der Waals surface area contributed by atoms with E-state index in [4.69, 9.17) is 0 Å². The summed E-state index contributed by atoms with van der Waals surface area (Å²) in [6, 6.07) is 0.246. The molecule has 0 spiro atoms. The number of halogens is 1. The lowest BCUT2D eigenvalue weighted by Crippen LogP contribution is -2.36. The van der Waals surface area contributed by atoms with Crippen LogP contribution in [-0.4, -0.2) is 16.5 Å². The molecule has 4 heteroatoms. The smallest absolute Gasteiger partial charge is 0.159 e. The molecule has 1 fully saturated rings. The zero-order valence-electron chi connectivity index (χ0n) is 5.92. The van der Waals surface area contributed by atoms with Crippen LogP contribution < -0.4 is 5.32 Å². The Bertz CT molecular complexity index is 242. The van der Waals surface area contributed by atoms with Crippen molar-refractivity contribution in [2.45, 2.75) is 12.5 Å². The van der Waals surface area contributed by atoms with Crippen LogP contribution in [0.1, 0.15) is 18.3 Å². The van der Waals surface area contributed by atoms with Gasteiger partial charge < -0.3 is 5.32 Å². The van der Waals surface area contributed by atoms with Gasteiger partial charge in [0.1, 0.15) is 5.82 Å². The Morgan fingerprint density at radius 2 is 2.09 bits per heavy atom. The van der Waals surface area contributed by atoms with Gasteiger partial charge >= 0.3 is 0 Å². The Hall–Kier alpha value is -1.03. The normalized spacial score (nSPS) is 22.8. The quantitative estimate of drug-likeness (QED) is 0.643. The molecule has 2 rings (SSSR count). The summed E-state index contributed by atoms with van der Waals surface area (Å²) >= 11 is 0. The van der Waals surface area contributed by atoms with Gasteiger partial charge in [-0.3, -0.25) is 0 Å². The maximum Gasteiger partial charge on any atom is 0.159 e. The van der Waals surface area contributed by atoms with E-state index in [-0.39, 0.29) is 11.9 Å². The van der Waals surface area contributed by atoms with Crippen LogP contribution in [-0.2, 0) is 0 Å². The van der Waals surface area contributed by atoms with Crippen LogP contribution in [0.25, 0.3) is 0 Å². The topological polar surface area (TPSA) is 37.8 Å². The average molecular weight is 153 g/mol. The third-order valence-electron chi connectivity index (χ3n) is 1.78. The van der Waals surface area contributed by atoms with Crippen molar-refractivity contribution in [2.24, 2.45) is 0 Å². The summed E-state index contributed by atoms with van der Waals surface area (Å²) in [5.41, 5.74) is 0. The highest BCUT2D eigenvalue weighted by Crippen LogP contribution is 2.17. The van der Waals surface area contributed by atoms with Crippen LogP contribution in [0.4, 0.5) is 4.39 Å². The molecule has 3 nitrogen and oxygen atoms in total. The molecule has 1 aliphatic rings. The first-order valence-corrected chi connectivity index (χ1v) is 3.57. The van der Waals surface area contributed by atoms with Gasteiger partial charge in [-0.2, -0.15) is 0 Å². The second-order valence-corrected chi connectivity index (χ2v) is 2.55. The van der Waals surface area contributed by atoms with Crippen molar-refractivity contribution >= 4 is 0 Å². The lowest BCUT2D eigenvalue weighted by Gasteiger charge is -2.25. The average Bonchev–Trinajstić information content (AvgIpc) is 1.90. The van der Waals surface area contributed by atoms with Crippen molar-refractivity contribution in [1.82, 2.24) is 15.3 Å². The summed E-state index contributed by atoms with van der Waals surface area (Å²) in [7, 11) is 0. The molecule has 1 N–H and O–H groups in total. The minimum absolute atomic E-state index is 0.246. The first-order valence-electron chi connectivity index (χ1n) is 3.57. The van der Waals surface area contributed by atoms with E-state index in [2.05, 4.69) is 15.3 Å². The molecule has 1 unspecified atom stereocenters. The van der Waals surface area contributed by atoms with Gasteiger partial charge in [-0.25, -0.2) is 14.4 Å². The third-order valence-corrected chi connectivity index (χ3v) is 1.78. The fourth-order valence-electron chi connectivity index (χ4n) is 1.01. The standard InChI is InChI=1S/C7H8FN3/c8-5-3-10-7(11-4-5)6-1-2-9-6/h3-4,6,9H,1-2H2. The Morgan fingerprint density at radius 3 is 2.55 bits per heavy atom. The van der Waals surface area contributed by atoms with E-state index >= 15 is 0 Å².